The quantitative estimate of drug-likeness (QED) is 0.572. The number of benzene rings is 1. The van der Waals surface area contributed by atoms with E-state index >= 15 is 0 Å². The number of thioether (sulfide) groups is 1. The number of hydrogen-bond donors (Lipinski definition) is 1. The predicted octanol–water partition coefficient (Wildman–Crippen LogP) is 3.90. The standard InChI is InChI=1S/C20H21N3O3S2/c1-12-10-27-20(21-12)28-11-15-16(18(24)26-2)17(13-6-4-3-5-7-13)22-19(25)23(15)14-8-9-14/h3-7,10,14,17H,8-9,11H2,1-2H3,(H,22,25). The zero-order valence-electron chi connectivity index (χ0n) is 15.7. The highest BCUT2D eigenvalue weighted by molar-refractivity contribution is 8.01. The van der Waals surface area contributed by atoms with Crippen molar-refractivity contribution in [1.82, 2.24) is 15.2 Å². The Morgan fingerprint density at radius 3 is 2.71 bits per heavy atom. The van der Waals surface area contributed by atoms with Crippen LogP contribution in [0.1, 0.15) is 30.1 Å². The summed E-state index contributed by atoms with van der Waals surface area (Å²) >= 11 is 3.12. The van der Waals surface area contributed by atoms with E-state index < -0.39 is 12.0 Å². The number of nitrogens with one attached hydrogen (secondary N) is 1. The van der Waals surface area contributed by atoms with Gasteiger partial charge in [-0.1, -0.05) is 42.1 Å². The van der Waals surface area contributed by atoms with Crippen molar-refractivity contribution in [3.8, 4) is 0 Å². The molecule has 6 nitrogen and oxygen atoms in total. The van der Waals surface area contributed by atoms with Gasteiger partial charge in [-0.3, -0.25) is 4.90 Å². The van der Waals surface area contributed by atoms with Crippen LogP contribution in [-0.2, 0) is 9.53 Å². The molecule has 1 unspecified atom stereocenters. The van der Waals surface area contributed by atoms with Crippen molar-refractivity contribution in [2.75, 3.05) is 12.9 Å². The van der Waals surface area contributed by atoms with Crippen molar-refractivity contribution < 1.29 is 14.3 Å². The second kappa shape index (κ2) is 7.97. The Balaban J connectivity index is 1.76. The number of thiazole rings is 1. The molecule has 28 heavy (non-hydrogen) atoms. The van der Waals surface area contributed by atoms with Crippen molar-refractivity contribution in [2.24, 2.45) is 0 Å². The van der Waals surface area contributed by atoms with E-state index in [4.69, 9.17) is 4.74 Å². The number of amides is 2. The van der Waals surface area contributed by atoms with Gasteiger partial charge in [0.25, 0.3) is 0 Å². The highest BCUT2D eigenvalue weighted by atomic mass is 32.2. The molecule has 1 aromatic heterocycles. The molecule has 1 saturated carbocycles. The summed E-state index contributed by atoms with van der Waals surface area (Å²) in [5, 5.41) is 5.00. The van der Waals surface area contributed by atoms with Crippen LogP contribution >= 0.6 is 23.1 Å². The molecule has 1 fully saturated rings. The minimum absolute atomic E-state index is 0.144. The van der Waals surface area contributed by atoms with Crippen molar-refractivity contribution in [3.05, 3.63) is 58.2 Å². The molecular formula is C20H21N3O3S2. The Morgan fingerprint density at radius 1 is 1.36 bits per heavy atom. The molecule has 2 aromatic rings. The van der Waals surface area contributed by atoms with Crippen molar-refractivity contribution >= 4 is 35.1 Å². The number of ether oxygens (including phenoxy) is 1. The molecule has 1 aliphatic heterocycles. The number of hydrogen-bond acceptors (Lipinski definition) is 6. The highest BCUT2D eigenvalue weighted by Crippen LogP contribution is 2.40. The zero-order valence-corrected chi connectivity index (χ0v) is 17.3. The topological polar surface area (TPSA) is 71.5 Å². The van der Waals surface area contributed by atoms with Gasteiger partial charge in [-0.15, -0.1) is 11.3 Å². The summed E-state index contributed by atoms with van der Waals surface area (Å²) in [6.45, 7) is 1.95. The number of aryl methyl sites for hydroxylation is 1. The van der Waals surface area contributed by atoms with Gasteiger partial charge in [-0.25, -0.2) is 14.6 Å². The van der Waals surface area contributed by atoms with Gasteiger partial charge in [-0.2, -0.15) is 0 Å². The first-order valence-corrected chi connectivity index (χ1v) is 11.0. The maximum atomic E-state index is 12.9. The summed E-state index contributed by atoms with van der Waals surface area (Å²) in [4.78, 5) is 32.0. The largest absolute Gasteiger partial charge is 0.466 e. The van der Waals surface area contributed by atoms with E-state index in [9.17, 15) is 9.59 Å². The smallest absolute Gasteiger partial charge is 0.338 e. The van der Waals surface area contributed by atoms with E-state index in [-0.39, 0.29) is 12.1 Å². The molecule has 8 heteroatoms. The van der Waals surface area contributed by atoms with Crippen LogP contribution in [0.2, 0.25) is 0 Å². The molecule has 0 bridgehead atoms. The number of rotatable bonds is 6. The highest BCUT2D eigenvalue weighted by Gasteiger charge is 2.43. The predicted molar refractivity (Wildman–Crippen MR) is 109 cm³/mol. The third kappa shape index (κ3) is 3.79. The first-order chi connectivity index (χ1) is 13.6. The van der Waals surface area contributed by atoms with Crippen LogP contribution in [0.5, 0.6) is 0 Å². The summed E-state index contributed by atoms with van der Waals surface area (Å²) in [5.41, 5.74) is 3.06. The Labute approximate surface area is 172 Å². The molecule has 1 N–H and O–H groups in total. The fourth-order valence-corrected chi connectivity index (χ4v) is 5.20. The van der Waals surface area contributed by atoms with Crippen LogP contribution in [0, 0.1) is 6.92 Å². The molecule has 2 heterocycles. The van der Waals surface area contributed by atoms with Crippen LogP contribution < -0.4 is 5.32 Å². The molecule has 1 atom stereocenters. The third-order valence-corrected chi connectivity index (χ3v) is 6.91. The molecule has 4 rings (SSSR count). The fraction of sp³-hybridized carbons (Fsp3) is 0.350. The molecule has 0 radical (unpaired) electrons. The van der Waals surface area contributed by atoms with Crippen molar-refractivity contribution in [2.45, 2.75) is 36.2 Å². The Morgan fingerprint density at radius 2 is 2.11 bits per heavy atom. The second-order valence-electron chi connectivity index (χ2n) is 6.79. The maximum absolute atomic E-state index is 12.9. The third-order valence-electron chi connectivity index (χ3n) is 4.76. The summed E-state index contributed by atoms with van der Waals surface area (Å²) < 4.78 is 6.04. The first kappa shape index (κ1) is 19.0. The van der Waals surface area contributed by atoms with Gasteiger partial charge >= 0.3 is 12.0 Å². The molecule has 1 aromatic carbocycles. The van der Waals surface area contributed by atoms with Crippen molar-refractivity contribution in [1.29, 1.82) is 0 Å². The molecule has 2 amide bonds. The average molecular weight is 416 g/mol. The van der Waals surface area contributed by atoms with Crippen LogP contribution in [0.25, 0.3) is 0 Å². The van der Waals surface area contributed by atoms with Gasteiger partial charge in [0.2, 0.25) is 0 Å². The summed E-state index contributed by atoms with van der Waals surface area (Å²) in [7, 11) is 1.38. The number of nitrogens with zero attached hydrogens (tertiary/aromatic N) is 2. The lowest BCUT2D eigenvalue weighted by Crippen LogP contribution is -2.50. The van der Waals surface area contributed by atoms with E-state index in [1.54, 1.807) is 28.0 Å². The van der Waals surface area contributed by atoms with Crippen LogP contribution in [-0.4, -0.2) is 40.8 Å². The van der Waals surface area contributed by atoms with E-state index in [2.05, 4.69) is 10.3 Å². The Bertz CT molecular complexity index is 922. The van der Waals surface area contributed by atoms with Gasteiger partial charge in [0.05, 0.1) is 18.7 Å². The van der Waals surface area contributed by atoms with Crippen LogP contribution in [0.4, 0.5) is 4.79 Å². The van der Waals surface area contributed by atoms with E-state index in [1.807, 2.05) is 42.6 Å². The SMILES string of the molecule is COC(=O)C1=C(CSc2nc(C)cs2)N(C2CC2)C(=O)NC1c1ccccc1. The Hall–Kier alpha value is -2.32. The lowest BCUT2D eigenvalue weighted by molar-refractivity contribution is -0.136. The number of esters is 1. The maximum Gasteiger partial charge on any atom is 0.338 e. The minimum atomic E-state index is -0.523. The number of methoxy groups -OCH3 is 1. The normalized spacial score (nSPS) is 19.6. The second-order valence-corrected chi connectivity index (χ2v) is 8.87. The van der Waals surface area contributed by atoms with Gasteiger partial charge in [0, 0.05) is 28.6 Å². The molecule has 0 spiro atoms. The number of aromatic nitrogens is 1. The van der Waals surface area contributed by atoms with E-state index in [0.717, 1.165) is 34.1 Å². The fourth-order valence-electron chi connectivity index (χ4n) is 3.32. The molecule has 1 aliphatic carbocycles. The average Bonchev–Trinajstić information content (AvgIpc) is 3.46. The minimum Gasteiger partial charge on any atom is -0.466 e. The number of carbonyl (C=O) groups excluding carboxylic acids is 2. The van der Waals surface area contributed by atoms with Gasteiger partial charge in [-0.05, 0) is 25.3 Å². The van der Waals surface area contributed by atoms with Gasteiger partial charge in [0.1, 0.15) is 4.34 Å². The van der Waals surface area contributed by atoms with Gasteiger partial charge in [0.15, 0.2) is 0 Å². The summed E-state index contributed by atoms with van der Waals surface area (Å²) in [5.74, 6) is 0.0791. The van der Waals surface area contributed by atoms with Crippen LogP contribution in [0.3, 0.4) is 0 Å². The Kier molecular flexibility index (Phi) is 5.41. The van der Waals surface area contributed by atoms with Gasteiger partial charge < -0.3 is 10.1 Å². The van der Waals surface area contributed by atoms with Crippen LogP contribution in [0.15, 0.2) is 51.3 Å². The molecular weight excluding hydrogens is 394 g/mol. The number of urea groups is 1. The van der Waals surface area contributed by atoms with E-state index in [1.165, 1.54) is 7.11 Å². The molecule has 2 aliphatic rings. The van der Waals surface area contributed by atoms with E-state index in [0.29, 0.717) is 11.3 Å². The zero-order chi connectivity index (χ0) is 19.7. The number of carbonyl (C=O) groups is 2. The monoisotopic (exact) mass is 415 g/mol. The summed E-state index contributed by atoms with van der Waals surface area (Å²) in [6.07, 6.45) is 1.89. The first-order valence-electron chi connectivity index (χ1n) is 9.09. The summed E-state index contributed by atoms with van der Waals surface area (Å²) in [6, 6.07) is 9.00. The van der Waals surface area contributed by atoms with Crippen molar-refractivity contribution in [3.63, 3.8) is 0 Å². The molecule has 0 saturated heterocycles. The molecule has 146 valence electrons. The lowest BCUT2D eigenvalue weighted by Gasteiger charge is -2.36. The lowest BCUT2D eigenvalue weighted by atomic mass is 9.95.